The van der Waals surface area contributed by atoms with Gasteiger partial charge in [0, 0.05) is 37.5 Å². The lowest BCUT2D eigenvalue weighted by Gasteiger charge is -2.30. The van der Waals surface area contributed by atoms with E-state index in [9.17, 15) is 4.79 Å². The third kappa shape index (κ3) is 3.52. The molecule has 0 bridgehead atoms. The number of likely N-dealkylation sites (tertiary alicyclic amines) is 1. The summed E-state index contributed by atoms with van der Waals surface area (Å²) in [6.07, 6.45) is 3.95. The number of pyridine rings is 1. The van der Waals surface area contributed by atoms with Crippen LogP contribution >= 0.6 is 0 Å². The van der Waals surface area contributed by atoms with Crippen molar-refractivity contribution < 1.29 is 4.74 Å². The Morgan fingerprint density at radius 1 is 1.21 bits per heavy atom. The first-order valence-electron chi connectivity index (χ1n) is 8.39. The fraction of sp³-hybridized carbons (Fsp3) is 0.421. The predicted octanol–water partition coefficient (Wildman–Crippen LogP) is 1.98. The Hall–Kier alpha value is -2.11. The van der Waals surface area contributed by atoms with E-state index in [1.807, 2.05) is 12.3 Å². The average molecular weight is 327 g/mol. The van der Waals surface area contributed by atoms with Crippen LogP contribution in [-0.2, 0) is 13.6 Å². The number of piperidine rings is 1. The van der Waals surface area contributed by atoms with Gasteiger partial charge in [0.2, 0.25) is 0 Å². The minimum atomic E-state index is -0.0712. The Bertz CT molecular complexity index is 761. The van der Waals surface area contributed by atoms with Crippen molar-refractivity contribution >= 4 is 0 Å². The number of nitrogens with two attached hydrogens (primary N) is 1. The Balaban J connectivity index is 1.95. The van der Waals surface area contributed by atoms with Gasteiger partial charge in [0.1, 0.15) is 5.75 Å². The maximum atomic E-state index is 11.9. The molecule has 5 nitrogen and oxygen atoms in total. The fourth-order valence-corrected chi connectivity index (χ4v) is 3.26. The molecule has 2 heterocycles. The molecular weight excluding hydrogens is 302 g/mol. The van der Waals surface area contributed by atoms with Crippen LogP contribution in [0.2, 0.25) is 0 Å². The van der Waals surface area contributed by atoms with Crippen LogP contribution in [0, 0.1) is 0 Å². The Morgan fingerprint density at radius 3 is 2.62 bits per heavy atom. The molecule has 1 aromatic carbocycles. The van der Waals surface area contributed by atoms with Crippen LogP contribution in [0.1, 0.15) is 18.4 Å². The van der Waals surface area contributed by atoms with Crippen LogP contribution in [0.4, 0.5) is 0 Å². The molecule has 0 spiro atoms. The second-order valence-corrected chi connectivity index (χ2v) is 6.48. The number of aromatic nitrogens is 1. The third-order valence-corrected chi connectivity index (χ3v) is 4.74. The van der Waals surface area contributed by atoms with Gasteiger partial charge in [0.15, 0.2) is 0 Å². The number of benzene rings is 1. The van der Waals surface area contributed by atoms with Gasteiger partial charge in [-0.3, -0.25) is 9.69 Å². The minimum Gasteiger partial charge on any atom is -0.496 e. The SMILES string of the molecule is COc1cc(=O)n(C)cc1-c1ccccc1CN1CCC(N)CC1. The summed E-state index contributed by atoms with van der Waals surface area (Å²) in [5.41, 5.74) is 9.23. The minimum absolute atomic E-state index is 0.0712. The Morgan fingerprint density at radius 2 is 1.92 bits per heavy atom. The van der Waals surface area contributed by atoms with Crippen molar-refractivity contribution in [3.63, 3.8) is 0 Å². The number of aryl methyl sites for hydroxylation is 1. The highest BCUT2D eigenvalue weighted by atomic mass is 16.5. The molecule has 5 heteroatoms. The van der Waals surface area contributed by atoms with Gasteiger partial charge in [0.05, 0.1) is 7.11 Å². The molecule has 0 saturated carbocycles. The molecule has 0 unspecified atom stereocenters. The van der Waals surface area contributed by atoms with E-state index < -0.39 is 0 Å². The standard InChI is InChI=1S/C19H25N3O2/c1-21-13-17(18(24-2)11-19(21)23)16-6-4-3-5-14(16)12-22-9-7-15(20)8-10-22/h3-6,11,13,15H,7-10,12,20H2,1-2H3. The van der Waals surface area contributed by atoms with Gasteiger partial charge in [0.25, 0.3) is 5.56 Å². The number of hydrogen-bond donors (Lipinski definition) is 1. The number of nitrogens with zero attached hydrogens (tertiary/aromatic N) is 2. The van der Waals surface area contributed by atoms with Gasteiger partial charge in [-0.1, -0.05) is 24.3 Å². The Labute approximate surface area is 142 Å². The first-order chi connectivity index (χ1) is 11.6. The molecule has 1 fully saturated rings. The third-order valence-electron chi connectivity index (χ3n) is 4.74. The van der Waals surface area contributed by atoms with Crippen molar-refractivity contribution in [2.75, 3.05) is 20.2 Å². The molecule has 1 aliphatic rings. The summed E-state index contributed by atoms with van der Waals surface area (Å²) in [5.74, 6) is 0.617. The average Bonchev–Trinajstić information content (AvgIpc) is 2.59. The van der Waals surface area contributed by atoms with Crippen LogP contribution < -0.4 is 16.0 Å². The molecule has 2 aromatic rings. The summed E-state index contributed by atoms with van der Waals surface area (Å²) < 4.78 is 7.04. The molecule has 0 atom stereocenters. The van der Waals surface area contributed by atoms with E-state index in [0.717, 1.165) is 43.6 Å². The van der Waals surface area contributed by atoms with E-state index in [4.69, 9.17) is 10.5 Å². The summed E-state index contributed by atoms with van der Waals surface area (Å²) in [5, 5.41) is 0. The molecule has 0 amide bonds. The lowest BCUT2D eigenvalue weighted by molar-refractivity contribution is 0.206. The van der Waals surface area contributed by atoms with E-state index in [1.165, 1.54) is 5.56 Å². The lowest BCUT2D eigenvalue weighted by Crippen LogP contribution is -2.39. The number of hydrogen-bond acceptors (Lipinski definition) is 4. The number of rotatable bonds is 4. The predicted molar refractivity (Wildman–Crippen MR) is 96.2 cm³/mol. The molecule has 3 rings (SSSR count). The van der Waals surface area contributed by atoms with Crippen LogP contribution in [0.25, 0.3) is 11.1 Å². The van der Waals surface area contributed by atoms with Gasteiger partial charge < -0.3 is 15.0 Å². The van der Waals surface area contributed by atoms with Crippen LogP contribution in [-0.4, -0.2) is 35.7 Å². The largest absolute Gasteiger partial charge is 0.496 e. The number of ether oxygens (including phenoxy) is 1. The maximum absolute atomic E-state index is 11.9. The molecule has 128 valence electrons. The summed E-state index contributed by atoms with van der Waals surface area (Å²) >= 11 is 0. The lowest BCUT2D eigenvalue weighted by atomic mass is 9.98. The quantitative estimate of drug-likeness (QED) is 0.933. The highest BCUT2D eigenvalue weighted by Gasteiger charge is 2.18. The van der Waals surface area contributed by atoms with Crippen molar-refractivity contribution in [1.29, 1.82) is 0 Å². The van der Waals surface area contributed by atoms with Crippen LogP contribution in [0.3, 0.4) is 0 Å². The van der Waals surface area contributed by atoms with Crippen molar-refractivity contribution in [3.05, 3.63) is 52.4 Å². The summed E-state index contributed by atoms with van der Waals surface area (Å²) in [4.78, 5) is 14.3. The van der Waals surface area contributed by atoms with Crippen molar-refractivity contribution in [2.24, 2.45) is 12.8 Å². The van der Waals surface area contributed by atoms with E-state index in [-0.39, 0.29) is 5.56 Å². The number of methoxy groups -OCH3 is 1. The topological polar surface area (TPSA) is 60.5 Å². The van der Waals surface area contributed by atoms with Gasteiger partial charge in [-0.25, -0.2) is 0 Å². The monoisotopic (exact) mass is 327 g/mol. The molecule has 0 aliphatic carbocycles. The zero-order valence-corrected chi connectivity index (χ0v) is 14.4. The normalized spacial score (nSPS) is 16.3. The summed E-state index contributed by atoms with van der Waals surface area (Å²) in [7, 11) is 3.37. The van der Waals surface area contributed by atoms with Gasteiger partial charge in [-0.15, -0.1) is 0 Å². The molecule has 2 N–H and O–H groups in total. The van der Waals surface area contributed by atoms with E-state index in [2.05, 4.69) is 23.1 Å². The maximum Gasteiger partial charge on any atom is 0.254 e. The zero-order chi connectivity index (χ0) is 17.1. The van der Waals surface area contributed by atoms with Gasteiger partial charge in [-0.05, 0) is 37.1 Å². The van der Waals surface area contributed by atoms with E-state index in [0.29, 0.717) is 11.8 Å². The molecule has 24 heavy (non-hydrogen) atoms. The van der Waals surface area contributed by atoms with Crippen molar-refractivity contribution in [1.82, 2.24) is 9.47 Å². The molecule has 1 aliphatic heterocycles. The highest BCUT2D eigenvalue weighted by Crippen LogP contribution is 2.32. The van der Waals surface area contributed by atoms with Crippen molar-refractivity contribution in [2.45, 2.75) is 25.4 Å². The first kappa shape index (κ1) is 16.7. The summed E-state index contributed by atoms with van der Waals surface area (Å²) in [6, 6.07) is 10.2. The summed E-state index contributed by atoms with van der Waals surface area (Å²) in [6.45, 7) is 2.94. The second-order valence-electron chi connectivity index (χ2n) is 6.48. The zero-order valence-electron chi connectivity index (χ0n) is 14.4. The molecule has 1 aromatic heterocycles. The molecular formula is C19H25N3O2. The molecule has 0 radical (unpaired) electrons. The smallest absolute Gasteiger partial charge is 0.254 e. The van der Waals surface area contributed by atoms with E-state index in [1.54, 1.807) is 24.8 Å². The van der Waals surface area contributed by atoms with Crippen molar-refractivity contribution in [3.8, 4) is 16.9 Å². The first-order valence-corrected chi connectivity index (χ1v) is 8.39. The van der Waals surface area contributed by atoms with Crippen LogP contribution in [0.5, 0.6) is 5.75 Å². The molecule has 1 saturated heterocycles. The second kappa shape index (κ2) is 7.20. The van der Waals surface area contributed by atoms with E-state index >= 15 is 0 Å². The fourth-order valence-electron chi connectivity index (χ4n) is 3.26. The van der Waals surface area contributed by atoms with Gasteiger partial charge >= 0.3 is 0 Å². The highest BCUT2D eigenvalue weighted by molar-refractivity contribution is 5.72. The van der Waals surface area contributed by atoms with Gasteiger partial charge in [-0.2, -0.15) is 0 Å². The van der Waals surface area contributed by atoms with Crippen LogP contribution in [0.15, 0.2) is 41.3 Å². The Kier molecular flexibility index (Phi) is 5.02.